The van der Waals surface area contributed by atoms with Crippen LogP contribution in [0.25, 0.3) is 0 Å². The summed E-state index contributed by atoms with van der Waals surface area (Å²) in [6.45, 7) is 11.4. The van der Waals surface area contributed by atoms with Crippen molar-refractivity contribution >= 4 is 11.6 Å². The van der Waals surface area contributed by atoms with Gasteiger partial charge in [0.2, 0.25) is 0 Å². The Morgan fingerprint density at radius 2 is 1.45 bits per heavy atom. The summed E-state index contributed by atoms with van der Waals surface area (Å²) in [4.78, 5) is 24.5. The fourth-order valence-corrected chi connectivity index (χ4v) is 1.86. The van der Waals surface area contributed by atoms with Gasteiger partial charge in [-0.1, -0.05) is 41.5 Å². The van der Waals surface area contributed by atoms with Crippen molar-refractivity contribution in [2.45, 2.75) is 60.3 Å². The van der Waals surface area contributed by atoms with Crippen LogP contribution in [0.5, 0.6) is 0 Å². The molecular formula is C17H26O3. The third kappa shape index (κ3) is 4.62. The predicted octanol–water partition coefficient (Wildman–Crippen LogP) is 4.37. The molecule has 0 aliphatic rings. The third-order valence-electron chi connectivity index (χ3n) is 3.48. The number of carbonyl (C=O) groups is 2. The highest BCUT2D eigenvalue weighted by atomic mass is 16.3. The number of rotatable bonds is 5. The third-order valence-corrected chi connectivity index (χ3v) is 3.48. The molecule has 0 unspecified atom stereocenters. The summed E-state index contributed by atoms with van der Waals surface area (Å²) in [5.41, 5.74) is -0.786. The van der Waals surface area contributed by atoms with Crippen LogP contribution in [-0.4, -0.2) is 11.6 Å². The molecule has 0 aliphatic heterocycles. The van der Waals surface area contributed by atoms with E-state index < -0.39 is 10.8 Å². The predicted molar refractivity (Wildman–Crippen MR) is 79.6 cm³/mol. The Morgan fingerprint density at radius 1 is 1.00 bits per heavy atom. The number of hydrogen-bond donors (Lipinski definition) is 0. The molecule has 0 spiro atoms. The van der Waals surface area contributed by atoms with E-state index in [2.05, 4.69) is 0 Å². The van der Waals surface area contributed by atoms with Crippen LogP contribution in [0.3, 0.4) is 0 Å². The Balaban J connectivity index is 2.88. The summed E-state index contributed by atoms with van der Waals surface area (Å²) >= 11 is 0. The van der Waals surface area contributed by atoms with Gasteiger partial charge in [-0.15, -0.1) is 0 Å². The minimum Gasteiger partial charge on any atom is -0.469 e. The Bertz CT molecular complexity index is 427. The lowest BCUT2D eigenvalue weighted by Gasteiger charge is -2.23. The van der Waals surface area contributed by atoms with E-state index in [1.807, 2.05) is 47.6 Å². The van der Waals surface area contributed by atoms with Crippen molar-refractivity contribution in [2.24, 2.45) is 10.8 Å². The van der Waals surface area contributed by atoms with Crippen LogP contribution in [0, 0.1) is 10.8 Å². The zero-order valence-electron chi connectivity index (χ0n) is 13.4. The second-order valence-corrected chi connectivity index (χ2v) is 7.47. The van der Waals surface area contributed by atoms with Gasteiger partial charge in [0.25, 0.3) is 0 Å². The average molecular weight is 278 g/mol. The highest BCUT2D eigenvalue weighted by molar-refractivity contribution is 5.87. The topological polar surface area (TPSA) is 47.3 Å². The Kier molecular flexibility index (Phi) is 4.95. The second kappa shape index (κ2) is 5.94. The highest BCUT2D eigenvalue weighted by Gasteiger charge is 2.31. The molecule has 0 aromatic carbocycles. The molecule has 112 valence electrons. The van der Waals surface area contributed by atoms with E-state index in [1.165, 1.54) is 0 Å². The molecule has 0 amide bonds. The van der Waals surface area contributed by atoms with Crippen LogP contribution < -0.4 is 0 Å². The molecule has 0 radical (unpaired) electrons. The summed E-state index contributed by atoms with van der Waals surface area (Å²) in [6, 6.07) is 3.64. The van der Waals surface area contributed by atoms with Crippen molar-refractivity contribution in [1.82, 2.24) is 0 Å². The van der Waals surface area contributed by atoms with Gasteiger partial charge in [-0.2, -0.15) is 0 Å². The Morgan fingerprint density at radius 3 is 1.75 bits per heavy atom. The summed E-state index contributed by atoms with van der Waals surface area (Å²) in [7, 11) is 0. The molecule has 0 saturated heterocycles. The summed E-state index contributed by atoms with van der Waals surface area (Å²) < 4.78 is 5.42. The van der Waals surface area contributed by atoms with Crippen molar-refractivity contribution < 1.29 is 14.0 Å². The molecule has 3 heteroatoms. The molecule has 0 aliphatic carbocycles. The molecule has 1 aromatic heterocycles. The summed E-state index contributed by atoms with van der Waals surface area (Å²) in [5.74, 6) is 0.866. The van der Waals surface area contributed by atoms with E-state index in [0.29, 0.717) is 12.8 Å². The van der Waals surface area contributed by atoms with Crippen molar-refractivity contribution in [3.8, 4) is 0 Å². The van der Waals surface area contributed by atoms with Gasteiger partial charge in [0.05, 0.1) is 6.26 Å². The standard InChI is InChI=1S/C17H26O3/c1-16(2,3)14(18)10-12(13-8-7-9-20-13)11-15(19)17(4,5)6/h7-9,12H,10-11H2,1-6H3. The minimum atomic E-state index is -0.393. The van der Waals surface area contributed by atoms with Crippen molar-refractivity contribution in [1.29, 1.82) is 0 Å². The normalized spacial score (nSPS) is 12.8. The summed E-state index contributed by atoms with van der Waals surface area (Å²) in [6.07, 6.45) is 2.28. The van der Waals surface area contributed by atoms with Crippen LogP contribution in [0.1, 0.15) is 66.1 Å². The van der Waals surface area contributed by atoms with Gasteiger partial charge in [-0.3, -0.25) is 9.59 Å². The summed E-state index contributed by atoms with van der Waals surface area (Å²) in [5, 5.41) is 0. The maximum atomic E-state index is 12.2. The van der Waals surface area contributed by atoms with E-state index in [9.17, 15) is 9.59 Å². The van der Waals surface area contributed by atoms with Gasteiger partial charge in [0.15, 0.2) is 0 Å². The van der Waals surface area contributed by atoms with Crippen molar-refractivity contribution in [3.63, 3.8) is 0 Å². The number of hydrogen-bond acceptors (Lipinski definition) is 3. The van der Waals surface area contributed by atoms with E-state index in [0.717, 1.165) is 5.76 Å². The zero-order valence-corrected chi connectivity index (χ0v) is 13.4. The van der Waals surface area contributed by atoms with Crippen LogP contribution in [0.2, 0.25) is 0 Å². The first-order chi connectivity index (χ1) is 9.01. The fraction of sp³-hybridized carbons (Fsp3) is 0.647. The molecular weight excluding hydrogens is 252 g/mol. The maximum Gasteiger partial charge on any atom is 0.138 e. The van der Waals surface area contributed by atoms with Gasteiger partial charge in [-0.05, 0) is 12.1 Å². The lowest BCUT2D eigenvalue weighted by Crippen LogP contribution is -2.26. The van der Waals surface area contributed by atoms with Gasteiger partial charge in [-0.25, -0.2) is 0 Å². The molecule has 20 heavy (non-hydrogen) atoms. The number of furan rings is 1. The van der Waals surface area contributed by atoms with Crippen LogP contribution in [0.15, 0.2) is 22.8 Å². The minimum absolute atomic E-state index is 0.153. The van der Waals surface area contributed by atoms with E-state index in [-0.39, 0.29) is 17.5 Å². The number of Topliss-reactive ketones (excluding diaryl/α,β-unsaturated/α-hetero) is 2. The van der Waals surface area contributed by atoms with Gasteiger partial charge in [0, 0.05) is 29.6 Å². The Hall–Kier alpha value is -1.38. The molecule has 0 fully saturated rings. The molecule has 0 bridgehead atoms. The number of carbonyl (C=O) groups excluding carboxylic acids is 2. The highest BCUT2D eigenvalue weighted by Crippen LogP contribution is 2.32. The Labute approximate surface area is 121 Å². The molecule has 0 atom stereocenters. The first kappa shape index (κ1) is 16.7. The van der Waals surface area contributed by atoms with Gasteiger partial charge in [0.1, 0.15) is 17.3 Å². The molecule has 0 saturated carbocycles. The largest absolute Gasteiger partial charge is 0.469 e. The first-order valence-corrected chi connectivity index (χ1v) is 7.12. The van der Waals surface area contributed by atoms with Crippen molar-refractivity contribution in [2.75, 3.05) is 0 Å². The first-order valence-electron chi connectivity index (χ1n) is 7.12. The lowest BCUT2D eigenvalue weighted by molar-refractivity contribution is -0.128. The molecule has 0 N–H and O–H groups in total. The van der Waals surface area contributed by atoms with Crippen molar-refractivity contribution in [3.05, 3.63) is 24.2 Å². The molecule has 1 heterocycles. The van der Waals surface area contributed by atoms with E-state index in [1.54, 1.807) is 12.3 Å². The second-order valence-electron chi connectivity index (χ2n) is 7.47. The van der Waals surface area contributed by atoms with Crippen LogP contribution in [-0.2, 0) is 9.59 Å². The molecule has 3 nitrogen and oxygen atoms in total. The molecule has 1 rings (SSSR count). The lowest BCUT2D eigenvalue weighted by atomic mass is 9.79. The molecule has 1 aromatic rings. The SMILES string of the molecule is CC(C)(C)C(=O)CC(CC(=O)C(C)(C)C)c1ccco1. The van der Waals surface area contributed by atoms with Crippen LogP contribution in [0.4, 0.5) is 0 Å². The zero-order chi connectivity index (χ0) is 15.6. The van der Waals surface area contributed by atoms with Gasteiger partial charge >= 0.3 is 0 Å². The smallest absolute Gasteiger partial charge is 0.138 e. The van der Waals surface area contributed by atoms with Gasteiger partial charge < -0.3 is 4.42 Å². The van der Waals surface area contributed by atoms with E-state index in [4.69, 9.17) is 4.42 Å². The number of ketones is 2. The average Bonchev–Trinajstić information content (AvgIpc) is 2.78. The van der Waals surface area contributed by atoms with E-state index >= 15 is 0 Å². The maximum absolute atomic E-state index is 12.2. The monoisotopic (exact) mass is 278 g/mol. The fourth-order valence-electron chi connectivity index (χ4n) is 1.86. The quantitative estimate of drug-likeness (QED) is 0.803. The van der Waals surface area contributed by atoms with Crippen LogP contribution >= 0.6 is 0 Å².